The minimum atomic E-state index is 0.906. The summed E-state index contributed by atoms with van der Waals surface area (Å²) in [4.78, 5) is 2.40. The highest BCUT2D eigenvalue weighted by atomic mass is 16.3. The first-order chi connectivity index (χ1) is 24.8. The summed E-state index contributed by atoms with van der Waals surface area (Å²) in [6.45, 7) is 0. The first-order valence-corrected chi connectivity index (χ1v) is 17.1. The molecule has 0 saturated carbocycles. The van der Waals surface area contributed by atoms with E-state index in [0.29, 0.717) is 0 Å². The third-order valence-corrected chi connectivity index (χ3v) is 10.1. The number of fused-ring (bicyclic) bond motifs is 7. The second-order valence-electron chi connectivity index (χ2n) is 12.9. The van der Waals surface area contributed by atoms with Gasteiger partial charge in [-0.25, -0.2) is 0 Å². The summed E-state index contributed by atoms with van der Waals surface area (Å²) in [5.41, 5.74) is 9.92. The van der Waals surface area contributed by atoms with Crippen molar-refractivity contribution in [1.82, 2.24) is 0 Å². The molecule has 0 radical (unpaired) electrons. The minimum absolute atomic E-state index is 0.906. The molecule has 1 heterocycles. The topological polar surface area (TPSA) is 16.4 Å². The van der Waals surface area contributed by atoms with E-state index in [1.807, 2.05) is 12.1 Å². The number of anilines is 3. The maximum absolute atomic E-state index is 6.23. The lowest BCUT2D eigenvalue weighted by molar-refractivity contribution is 0.669. The van der Waals surface area contributed by atoms with E-state index in [2.05, 4.69) is 181 Å². The van der Waals surface area contributed by atoms with Gasteiger partial charge in [0.25, 0.3) is 0 Å². The molecule has 0 N–H and O–H groups in total. The fourth-order valence-corrected chi connectivity index (χ4v) is 7.72. The van der Waals surface area contributed by atoms with Crippen LogP contribution in [-0.2, 0) is 0 Å². The lowest BCUT2D eigenvalue weighted by atomic mass is 9.96. The Hall–Kier alpha value is -6.64. The van der Waals surface area contributed by atoms with Crippen molar-refractivity contribution in [2.24, 2.45) is 0 Å². The number of para-hydroxylation sites is 1. The highest BCUT2D eigenvalue weighted by Crippen LogP contribution is 2.44. The van der Waals surface area contributed by atoms with E-state index in [0.717, 1.165) is 44.6 Å². The average molecular weight is 638 g/mol. The largest absolute Gasteiger partial charge is 0.456 e. The van der Waals surface area contributed by atoms with Gasteiger partial charge in [0.15, 0.2) is 0 Å². The fourth-order valence-electron chi connectivity index (χ4n) is 7.72. The zero-order valence-corrected chi connectivity index (χ0v) is 27.3. The van der Waals surface area contributed by atoms with Gasteiger partial charge in [0.1, 0.15) is 11.2 Å². The Bertz CT molecular complexity index is 2860. The van der Waals surface area contributed by atoms with Crippen molar-refractivity contribution in [3.63, 3.8) is 0 Å². The molecular formula is C48H31NO. The number of hydrogen-bond donors (Lipinski definition) is 0. The van der Waals surface area contributed by atoms with Gasteiger partial charge in [-0.1, -0.05) is 146 Å². The minimum Gasteiger partial charge on any atom is -0.456 e. The second-order valence-corrected chi connectivity index (χ2v) is 12.9. The molecule has 234 valence electrons. The predicted octanol–water partition coefficient (Wildman–Crippen LogP) is 13.8. The molecule has 1 aromatic heterocycles. The molecule has 0 aliphatic rings. The van der Waals surface area contributed by atoms with Crippen molar-refractivity contribution in [3.8, 4) is 22.3 Å². The smallest absolute Gasteiger partial charge is 0.136 e. The van der Waals surface area contributed by atoms with Crippen LogP contribution in [0.15, 0.2) is 192 Å². The van der Waals surface area contributed by atoms with E-state index in [1.165, 1.54) is 49.0 Å². The van der Waals surface area contributed by atoms with E-state index in [9.17, 15) is 0 Å². The van der Waals surface area contributed by atoms with Gasteiger partial charge < -0.3 is 9.32 Å². The molecule has 0 saturated heterocycles. The molecule has 9 aromatic carbocycles. The Morgan fingerprint density at radius 1 is 0.340 bits per heavy atom. The maximum Gasteiger partial charge on any atom is 0.136 e. The Labute approximate surface area is 290 Å². The van der Waals surface area contributed by atoms with Crippen molar-refractivity contribution >= 4 is 71.3 Å². The highest BCUT2D eigenvalue weighted by molar-refractivity contribution is 6.15. The summed E-state index contributed by atoms with van der Waals surface area (Å²) in [6.07, 6.45) is 0. The van der Waals surface area contributed by atoms with Crippen LogP contribution >= 0.6 is 0 Å². The molecule has 10 aromatic rings. The van der Waals surface area contributed by atoms with Crippen LogP contribution in [0.3, 0.4) is 0 Å². The molecule has 0 spiro atoms. The number of rotatable bonds is 5. The number of nitrogens with zero attached hydrogens (tertiary/aromatic N) is 1. The van der Waals surface area contributed by atoms with Gasteiger partial charge in [-0.2, -0.15) is 0 Å². The summed E-state index contributed by atoms with van der Waals surface area (Å²) in [5.74, 6) is 0. The zero-order valence-electron chi connectivity index (χ0n) is 27.3. The summed E-state index contributed by atoms with van der Waals surface area (Å²) in [5, 5.41) is 9.72. The zero-order chi connectivity index (χ0) is 33.0. The first-order valence-electron chi connectivity index (χ1n) is 17.1. The third-order valence-electron chi connectivity index (χ3n) is 10.1. The SMILES string of the molecule is c1ccc2c(-c3ccc(N(c4ccc(-c5cccc6oc7ccccc7c56)cc4)c4cc5ccccc5c5ccccc45)cc3)cccc2c1. The Kier molecular flexibility index (Phi) is 6.53. The summed E-state index contributed by atoms with van der Waals surface area (Å²) in [7, 11) is 0. The molecule has 0 bridgehead atoms. The number of hydrogen-bond acceptors (Lipinski definition) is 2. The van der Waals surface area contributed by atoms with Gasteiger partial charge in [0, 0.05) is 27.5 Å². The summed E-state index contributed by atoms with van der Waals surface area (Å²) < 4.78 is 6.23. The molecule has 0 amide bonds. The summed E-state index contributed by atoms with van der Waals surface area (Å²) >= 11 is 0. The van der Waals surface area contributed by atoms with E-state index in [-0.39, 0.29) is 0 Å². The fraction of sp³-hybridized carbons (Fsp3) is 0. The first kappa shape index (κ1) is 28.4. The van der Waals surface area contributed by atoms with Crippen LogP contribution in [0.5, 0.6) is 0 Å². The van der Waals surface area contributed by atoms with Crippen LogP contribution in [-0.4, -0.2) is 0 Å². The molecule has 10 rings (SSSR count). The van der Waals surface area contributed by atoms with Crippen molar-refractivity contribution in [2.45, 2.75) is 0 Å². The van der Waals surface area contributed by atoms with Crippen molar-refractivity contribution in [1.29, 1.82) is 0 Å². The van der Waals surface area contributed by atoms with Crippen LogP contribution in [0.25, 0.3) is 76.5 Å². The predicted molar refractivity (Wildman–Crippen MR) is 212 cm³/mol. The van der Waals surface area contributed by atoms with E-state index in [1.54, 1.807) is 0 Å². The van der Waals surface area contributed by atoms with Gasteiger partial charge in [0.05, 0.1) is 5.69 Å². The summed E-state index contributed by atoms with van der Waals surface area (Å²) in [6, 6.07) is 67.6. The van der Waals surface area contributed by atoms with E-state index >= 15 is 0 Å². The van der Waals surface area contributed by atoms with Crippen molar-refractivity contribution in [3.05, 3.63) is 188 Å². The number of benzene rings is 9. The third kappa shape index (κ3) is 4.57. The van der Waals surface area contributed by atoms with E-state index in [4.69, 9.17) is 4.42 Å². The van der Waals surface area contributed by atoms with Gasteiger partial charge >= 0.3 is 0 Å². The molecule has 0 fully saturated rings. The van der Waals surface area contributed by atoms with Crippen LogP contribution in [0, 0.1) is 0 Å². The molecule has 2 nitrogen and oxygen atoms in total. The number of furan rings is 1. The molecule has 0 aliphatic heterocycles. The molecular weight excluding hydrogens is 607 g/mol. The van der Waals surface area contributed by atoms with E-state index < -0.39 is 0 Å². The Morgan fingerprint density at radius 3 is 1.62 bits per heavy atom. The second kappa shape index (κ2) is 11.5. The van der Waals surface area contributed by atoms with Gasteiger partial charge in [-0.05, 0) is 91.6 Å². The van der Waals surface area contributed by atoms with Gasteiger partial charge in [-0.3, -0.25) is 0 Å². The molecule has 0 aliphatic carbocycles. The van der Waals surface area contributed by atoms with Crippen molar-refractivity contribution < 1.29 is 4.42 Å². The standard InChI is InChI=1S/C48H31NO/c1-3-14-38-32(11-1)13-9-19-39(38)33-23-27-36(28-24-33)49(45-31-35-12-2-4-15-40(35)42-16-5-6-17-43(42)45)37-29-25-34(26-30-37)41-20-10-22-47-48(41)44-18-7-8-21-46(44)50-47/h1-31H. The van der Waals surface area contributed by atoms with Gasteiger partial charge in [0.2, 0.25) is 0 Å². The molecule has 50 heavy (non-hydrogen) atoms. The maximum atomic E-state index is 6.23. The van der Waals surface area contributed by atoms with Crippen LogP contribution in [0.2, 0.25) is 0 Å². The van der Waals surface area contributed by atoms with Crippen LogP contribution in [0.4, 0.5) is 17.1 Å². The highest BCUT2D eigenvalue weighted by Gasteiger charge is 2.19. The lowest BCUT2D eigenvalue weighted by Crippen LogP contribution is -2.10. The monoisotopic (exact) mass is 637 g/mol. The van der Waals surface area contributed by atoms with Gasteiger partial charge in [-0.15, -0.1) is 0 Å². The van der Waals surface area contributed by atoms with Crippen molar-refractivity contribution in [2.75, 3.05) is 4.90 Å². The van der Waals surface area contributed by atoms with Crippen LogP contribution in [0.1, 0.15) is 0 Å². The normalized spacial score (nSPS) is 11.6. The van der Waals surface area contributed by atoms with Crippen LogP contribution < -0.4 is 4.90 Å². The average Bonchev–Trinajstić information content (AvgIpc) is 3.58. The molecule has 0 unspecified atom stereocenters. The Balaban J connectivity index is 1.15. The quantitative estimate of drug-likeness (QED) is 0.175. The Morgan fingerprint density at radius 2 is 0.860 bits per heavy atom. The molecule has 0 atom stereocenters. The molecule has 2 heteroatoms. The lowest BCUT2D eigenvalue weighted by Gasteiger charge is -2.28.